The average molecular weight is 268 g/mol. The van der Waals surface area contributed by atoms with Crippen molar-refractivity contribution in [2.45, 2.75) is 12.5 Å². The van der Waals surface area contributed by atoms with E-state index in [1.807, 2.05) is 24.3 Å². The van der Waals surface area contributed by atoms with Crippen molar-refractivity contribution in [1.29, 1.82) is 10.5 Å². The third kappa shape index (κ3) is 3.50. The van der Waals surface area contributed by atoms with Gasteiger partial charge in [-0.25, -0.2) is 4.79 Å². The minimum Gasteiger partial charge on any atom is -0.447 e. The zero-order chi connectivity index (χ0) is 14.4. The van der Waals surface area contributed by atoms with Gasteiger partial charge in [0.2, 0.25) is 0 Å². The molecule has 0 spiro atoms. The minimum absolute atomic E-state index is 0.00462. The zero-order valence-corrected chi connectivity index (χ0v) is 10.6. The summed E-state index contributed by atoms with van der Waals surface area (Å²) in [5.41, 5.74) is 1.86. The highest BCUT2D eigenvalue weighted by Gasteiger charge is 2.21. The summed E-state index contributed by atoms with van der Waals surface area (Å²) in [6.45, 7) is 0.384. The highest BCUT2D eigenvalue weighted by atomic mass is 16.6. The standard InChI is InChI=1S/C14H12N4O2/c15-6-11(7-16)8-17-12-3-1-10(2-4-12)5-13-9-20-14(19)18-13/h1-4,8,13,17H,5,9H2,(H,18,19). The summed E-state index contributed by atoms with van der Waals surface area (Å²) in [7, 11) is 0. The lowest BCUT2D eigenvalue weighted by Crippen LogP contribution is -2.28. The van der Waals surface area contributed by atoms with Crippen LogP contribution in [0.5, 0.6) is 0 Å². The third-order valence-electron chi connectivity index (χ3n) is 2.80. The number of nitriles is 2. The summed E-state index contributed by atoms with van der Waals surface area (Å²) >= 11 is 0. The smallest absolute Gasteiger partial charge is 0.407 e. The van der Waals surface area contributed by atoms with Crippen LogP contribution in [0.1, 0.15) is 5.56 Å². The van der Waals surface area contributed by atoms with E-state index in [1.54, 1.807) is 12.1 Å². The van der Waals surface area contributed by atoms with Gasteiger partial charge in [0.1, 0.15) is 24.3 Å². The van der Waals surface area contributed by atoms with E-state index in [4.69, 9.17) is 15.3 Å². The molecule has 100 valence electrons. The largest absolute Gasteiger partial charge is 0.447 e. The Kier molecular flexibility index (Phi) is 4.21. The zero-order valence-electron chi connectivity index (χ0n) is 10.6. The van der Waals surface area contributed by atoms with Gasteiger partial charge in [0.05, 0.1) is 6.04 Å². The number of nitrogens with one attached hydrogen (secondary N) is 2. The minimum atomic E-state index is -0.376. The van der Waals surface area contributed by atoms with Gasteiger partial charge in [0.25, 0.3) is 0 Å². The van der Waals surface area contributed by atoms with Gasteiger partial charge in [0.15, 0.2) is 0 Å². The van der Waals surface area contributed by atoms with Gasteiger partial charge in [-0.3, -0.25) is 0 Å². The summed E-state index contributed by atoms with van der Waals surface area (Å²) in [4.78, 5) is 10.9. The Morgan fingerprint density at radius 1 is 1.40 bits per heavy atom. The number of hydrogen-bond donors (Lipinski definition) is 2. The molecule has 20 heavy (non-hydrogen) atoms. The molecule has 1 aliphatic rings. The molecule has 2 N–H and O–H groups in total. The molecule has 1 aliphatic heterocycles. The lowest BCUT2D eigenvalue weighted by atomic mass is 10.1. The molecule has 0 radical (unpaired) electrons. The molecule has 6 nitrogen and oxygen atoms in total. The first kappa shape index (κ1) is 13.4. The van der Waals surface area contributed by atoms with E-state index in [2.05, 4.69) is 10.6 Å². The second kappa shape index (κ2) is 6.26. The summed E-state index contributed by atoms with van der Waals surface area (Å²) in [6.07, 6.45) is 1.68. The maximum absolute atomic E-state index is 10.9. The van der Waals surface area contributed by atoms with Crippen LogP contribution in [0.3, 0.4) is 0 Å². The topological polar surface area (TPSA) is 97.9 Å². The fourth-order valence-corrected chi connectivity index (χ4v) is 1.80. The number of benzene rings is 1. The fraction of sp³-hybridized carbons (Fsp3) is 0.214. The first-order valence-electron chi connectivity index (χ1n) is 6.00. The van der Waals surface area contributed by atoms with Crippen LogP contribution >= 0.6 is 0 Å². The molecule has 1 fully saturated rings. The van der Waals surface area contributed by atoms with Gasteiger partial charge in [-0.2, -0.15) is 10.5 Å². The van der Waals surface area contributed by atoms with E-state index in [9.17, 15) is 4.79 Å². The number of cyclic esters (lactones) is 1. The number of carbonyl (C=O) groups is 1. The van der Waals surface area contributed by atoms with Crippen molar-refractivity contribution in [3.63, 3.8) is 0 Å². The van der Waals surface area contributed by atoms with Crippen LogP contribution in [-0.2, 0) is 11.2 Å². The quantitative estimate of drug-likeness (QED) is 0.809. The molecular formula is C14H12N4O2. The van der Waals surface area contributed by atoms with Crippen molar-refractivity contribution in [3.05, 3.63) is 41.6 Å². The first-order valence-corrected chi connectivity index (χ1v) is 6.00. The van der Waals surface area contributed by atoms with Crippen LogP contribution in [0.2, 0.25) is 0 Å². The predicted octanol–water partition coefficient (Wildman–Crippen LogP) is 1.68. The number of nitrogens with zero attached hydrogens (tertiary/aromatic N) is 2. The normalized spacial score (nSPS) is 16.3. The molecule has 1 aromatic carbocycles. The molecule has 2 rings (SSSR count). The summed E-state index contributed by atoms with van der Waals surface area (Å²) in [5.74, 6) is 0. The van der Waals surface area contributed by atoms with Crippen molar-refractivity contribution in [2.24, 2.45) is 0 Å². The van der Waals surface area contributed by atoms with Crippen LogP contribution in [-0.4, -0.2) is 18.7 Å². The number of allylic oxidation sites excluding steroid dienone is 1. The van der Waals surface area contributed by atoms with Gasteiger partial charge < -0.3 is 15.4 Å². The third-order valence-corrected chi connectivity index (χ3v) is 2.80. The lowest BCUT2D eigenvalue weighted by molar-refractivity contribution is 0.177. The second-order valence-electron chi connectivity index (χ2n) is 4.27. The van der Waals surface area contributed by atoms with Crippen LogP contribution in [0.15, 0.2) is 36.0 Å². The Morgan fingerprint density at radius 2 is 2.10 bits per heavy atom. The molecule has 6 heteroatoms. The number of rotatable bonds is 4. The molecule has 0 aromatic heterocycles. The van der Waals surface area contributed by atoms with E-state index in [1.165, 1.54) is 6.20 Å². The van der Waals surface area contributed by atoms with E-state index in [0.29, 0.717) is 13.0 Å². The molecule has 1 heterocycles. The van der Waals surface area contributed by atoms with Gasteiger partial charge in [-0.05, 0) is 24.1 Å². The van der Waals surface area contributed by atoms with E-state index in [0.717, 1.165) is 11.3 Å². The van der Waals surface area contributed by atoms with Crippen LogP contribution in [0.25, 0.3) is 0 Å². The second-order valence-corrected chi connectivity index (χ2v) is 4.27. The van der Waals surface area contributed by atoms with Crippen molar-refractivity contribution in [1.82, 2.24) is 5.32 Å². The molecular weight excluding hydrogens is 256 g/mol. The summed E-state index contributed by atoms with van der Waals surface area (Å²) in [5, 5.41) is 22.8. The summed E-state index contributed by atoms with van der Waals surface area (Å²) in [6, 6.07) is 11.1. The van der Waals surface area contributed by atoms with Crippen LogP contribution in [0, 0.1) is 22.7 Å². The fourth-order valence-electron chi connectivity index (χ4n) is 1.80. The number of anilines is 1. The predicted molar refractivity (Wildman–Crippen MR) is 71.3 cm³/mol. The molecule has 0 bridgehead atoms. The van der Waals surface area contributed by atoms with E-state index in [-0.39, 0.29) is 17.7 Å². The van der Waals surface area contributed by atoms with Gasteiger partial charge in [-0.15, -0.1) is 0 Å². The Balaban J connectivity index is 1.93. The molecule has 1 amide bonds. The highest BCUT2D eigenvalue weighted by Crippen LogP contribution is 2.13. The van der Waals surface area contributed by atoms with Gasteiger partial charge >= 0.3 is 6.09 Å². The highest BCUT2D eigenvalue weighted by molar-refractivity contribution is 5.69. The maximum Gasteiger partial charge on any atom is 0.407 e. The lowest BCUT2D eigenvalue weighted by Gasteiger charge is -2.08. The van der Waals surface area contributed by atoms with Crippen molar-refractivity contribution >= 4 is 11.8 Å². The monoisotopic (exact) mass is 268 g/mol. The van der Waals surface area contributed by atoms with Crippen LogP contribution < -0.4 is 10.6 Å². The number of alkyl carbamates (subject to hydrolysis) is 1. The Labute approximate surface area is 116 Å². The Morgan fingerprint density at radius 3 is 2.65 bits per heavy atom. The maximum atomic E-state index is 10.9. The molecule has 1 aromatic rings. The van der Waals surface area contributed by atoms with Gasteiger partial charge in [0, 0.05) is 11.9 Å². The average Bonchev–Trinajstić information content (AvgIpc) is 2.87. The van der Waals surface area contributed by atoms with E-state index >= 15 is 0 Å². The van der Waals surface area contributed by atoms with Crippen LogP contribution in [0.4, 0.5) is 10.5 Å². The number of ether oxygens (including phenoxy) is 1. The van der Waals surface area contributed by atoms with E-state index < -0.39 is 0 Å². The number of amides is 1. The Bertz CT molecular complexity index is 592. The van der Waals surface area contributed by atoms with Gasteiger partial charge in [-0.1, -0.05) is 12.1 Å². The molecule has 1 atom stereocenters. The first-order chi connectivity index (χ1) is 9.71. The molecule has 0 aliphatic carbocycles. The number of carbonyl (C=O) groups excluding carboxylic acids is 1. The Hall–Kier alpha value is -2.99. The summed E-state index contributed by atoms with van der Waals surface area (Å²) < 4.78 is 4.82. The SMILES string of the molecule is N#CC(C#N)=CNc1ccc(CC2COC(=O)N2)cc1. The molecule has 1 unspecified atom stereocenters. The van der Waals surface area contributed by atoms with Crippen molar-refractivity contribution in [3.8, 4) is 12.1 Å². The molecule has 1 saturated heterocycles. The van der Waals surface area contributed by atoms with Crippen molar-refractivity contribution in [2.75, 3.05) is 11.9 Å². The molecule has 0 saturated carbocycles. The number of hydrogen-bond acceptors (Lipinski definition) is 5. The van der Waals surface area contributed by atoms with Crippen molar-refractivity contribution < 1.29 is 9.53 Å².